The van der Waals surface area contributed by atoms with Crippen LogP contribution in [0.2, 0.25) is 0 Å². The SMILES string of the molecule is C/C=C(/C)C(=O)OC1C(O)C(C)(C)C[C@H]2C3=CC[C@@H]4[C@@]5(C)CCC(O)[C@@](C)(C=O)[C@@H]5CC[C@@]4(C)[C@]3(C)CC(O)[C@@]12CO. The Hall–Kier alpha value is -1.54. The number of hydrogen-bond acceptors (Lipinski definition) is 7. The molecule has 0 heterocycles. The molecule has 7 nitrogen and oxygen atoms in total. The summed E-state index contributed by atoms with van der Waals surface area (Å²) in [5.41, 5.74) is -1.72. The lowest BCUT2D eigenvalue weighted by atomic mass is 9.33. The number of aliphatic hydroxyl groups excluding tert-OH is 4. The fourth-order valence-corrected chi connectivity index (χ4v) is 11.3. The molecule has 4 N–H and O–H groups in total. The highest BCUT2D eigenvalue weighted by Gasteiger charge is 2.73. The van der Waals surface area contributed by atoms with Crippen LogP contribution in [0, 0.1) is 50.2 Å². The summed E-state index contributed by atoms with van der Waals surface area (Å²) in [7, 11) is 0. The summed E-state index contributed by atoms with van der Waals surface area (Å²) in [5, 5.41) is 45.9. The minimum atomic E-state index is -1.22. The topological polar surface area (TPSA) is 124 Å². The third-order valence-corrected chi connectivity index (χ3v) is 14.3. The summed E-state index contributed by atoms with van der Waals surface area (Å²) < 4.78 is 6.04. The first kappa shape index (κ1) is 31.9. The molecule has 0 aromatic rings. The number of esters is 1. The van der Waals surface area contributed by atoms with Crippen LogP contribution in [-0.2, 0) is 14.3 Å². The molecule has 5 rings (SSSR count). The lowest BCUT2D eigenvalue weighted by Crippen LogP contribution is -2.72. The number of hydrogen-bond donors (Lipinski definition) is 4. The molecule has 7 heteroatoms. The molecule has 4 unspecified atom stereocenters. The van der Waals surface area contributed by atoms with Gasteiger partial charge in [-0.1, -0.05) is 59.3 Å². The number of aldehydes is 1. The zero-order valence-electron chi connectivity index (χ0n) is 26.9. The van der Waals surface area contributed by atoms with Crippen molar-refractivity contribution in [2.75, 3.05) is 6.61 Å². The highest BCUT2D eigenvalue weighted by atomic mass is 16.6. The zero-order chi connectivity index (χ0) is 31.3. The van der Waals surface area contributed by atoms with Crippen LogP contribution < -0.4 is 0 Å². The van der Waals surface area contributed by atoms with Crippen molar-refractivity contribution in [1.82, 2.24) is 0 Å². The third kappa shape index (κ3) is 3.85. The number of allylic oxidation sites excluding steroid dienone is 3. The van der Waals surface area contributed by atoms with Crippen molar-refractivity contribution < 1.29 is 34.8 Å². The van der Waals surface area contributed by atoms with Gasteiger partial charge in [-0.2, -0.15) is 0 Å². The Balaban J connectivity index is 1.63. The van der Waals surface area contributed by atoms with E-state index < -0.39 is 58.7 Å². The van der Waals surface area contributed by atoms with Crippen molar-refractivity contribution in [3.8, 4) is 0 Å². The van der Waals surface area contributed by atoms with Gasteiger partial charge in [-0.3, -0.25) is 0 Å². The highest BCUT2D eigenvalue weighted by molar-refractivity contribution is 5.87. The number of ether oxygens (including phenoxy) is 1. The van der Waals surface area contributed by atoms with E-state index in [1.165, 1.54) is 5.57 Å². The van der Waals surface area contributed by atoms with Crippen LogP contribution >= 0.6 is 0 Å². The largest absolute Gasteiger partial charge is 0.455 e. The second-order valence-corrected chi connectivity index (χ2v) is 16.3. The zero-order valence-corrected chi connectivity index (χ0v) is 26.9. The van der Waals surface area contributed by atoms with Crippen LogP contribution in [0.3, 0.4) is 0 Å². The van der Waals surface area contributed by atoms with E-state index in [1.807, 2.05) is 20.8 Å². The van der Waals surface area contributed by atoms with Gasteiger partial charge in [-0.15, -0.1) is 0 Å². The van der Waals surface area contributed by atoms with Crippen molar-refractivity contribution in [1.29, 1.82) is 0 Å². The Labute approximate surface area is 251 Å². The standard InChI is InChI=1S/C35H54O7/c1-9-20(2)29(41)42-28-27(40)30(3,4)16-22-21-10-11-24-31(5)14-13-25(38)32(6,18-36)23(31)12-15-33(24,7)34(21,8)17-26(39)35(22,28)19-37/h9-10,18,22-28,37-40H,11-17,19H2,1-8H3/b20-9-/t22-,23+,24+,25?,26?,27?,28?,31-,32-,33+,34+,35-/m0/s1. The van der Waals surface area contributed by atoms with Gasteiger partial charge < -0.3 is 30.0 Å². The molecule has 236 valence electrons. The first-order valence-corrected chi connectivity index (χ1v) is 16.1. The predicted octanol–water partition coefficient (Wildman–Crippen LogP) is 4.75. The average molecular weight is 587 g/mol. The Bertz CT molecular complexity index is 1190. The van der Waals surface area contributed by atoms with E-state index in [-0.39, 0.29) is 28.6 Å². The Morgan fingerprint density at radius 1 is 1.00 bits per heavy atom. The number of rotatable bonds is 4. The van der Waals surface area contributed by atoms with Crippen LogP contribution in [0.1, 0.15) is 100 Å². The van der Waals surface area contributed by atoms with Crippen molar-refractivity contribution in [3.05, 3.63) is 23.3 Å². The molecule has 0 bridgehead atoms. The number of carbonyl (C=O) groups is 2. The van der Waals surface area contributed by atoms with E-state index in [0.717, 1.165) is 32.0 Å². The summed E-state index contributed by atoms with van der Waals surface area (Å²) >= 11 is 0. The molecule has 0 aliphatic heterocycles. The molecular formula is C35H54O7. The van der Waals surface area contributed by atoms with E-state index in [2.05, 4.69) is 26.8 Å². The molecule has 0 aromatic carbocycles. The second-order valence-electron chi connectivity index (χ2n) is 16.3. The molecule has 0 amide bonds. The van der Waals surface area contributed by atoms with Gasteiger partial charge in [0, 0.05) is 5.57 Å². The molecular weight excluding hydrogens is 532 g/mol. The van der Waals surface area contributed by atoms with Gasteiger partial charge >= 0.3 is 5.97 Å². The summed E-state index contributed by atoms with van der Waals surface area (Å²) in [6.07, 6.45) is 6.19. The molecule has 0 aromatic heterocycles. The fraction of sp³-hybridized carbons (Fsp3) is 0.829. The Morgan fingerprint density at radius 2 is 1.67 bits per heavy atom. The van der Waals surface area contributed by atoms with E-state index >= 15 is 0 Å². The molecule has 5 aliphatic carbocycles. The van der Waals surface area contributed by atoms with Gasteiger partial charge in [0.2, 0.25) is 0 Å². The monoisotopic (exact) mass is 586 g/mol. The van der Waals surface area contributed by atoms with E-state index in [0.29, 0.717) is 24.8 Å². The smallest absolute Gasteiger partial charge is 0.333 e. The molecule has 0 saturated heterocycles. The molecule has 4 saturated carbocycles. The van der Waals surface area contributed by atoms with Crippen molar-refractivity contribution in [3.63, 3.8) is 0 Å². The minimum Gasteiger partial charge on any atom is -0.455 e. The first-order chi connectivity index (χ1) is 19.4. The van der Waals surface area contributed by atoms with Crippen molar-refractivity contribution in [2.24, 2.45) is 50.2 Å². The van der Waals surface area contributed by atoms with Gasteiger partial charge in [0.25, 0.3) is 0 Å². The summed E-state index contributed by atoms with van der Waals surface area (Å²) in [6.45, 7) is 15.9. The average Bonchev–Trinajstić information content (AvgIpc) is 2.93. The van der Waals surface area contributed by atoms with Crippen LogP contribution in [0.4, 0.5) is 0 Å². The van der Waals surface area contributed by atoms with E-state index in [9.17, 15) is 30.0 Å². The van der Waals surface area contributed by atoms with E-state index in [1.54, 1.807) is 19.9 Å². The first-order valence-electron chi connectivity index (χ1n) is 16.1. The molecule has 5 aliphatic rings. The number of aliphatic hydroxyl groups is 4. The number of fused-ring (bicyclic) bond motifs is 7. The highest BCUT2D eigenvalue weighted by Crippen LogP contribution is 2.75. The lowest BCUT2D eigenvalue weighted by molar-refractivity contribution is -0.261. The van der Waals surface area contributed by atoms with Gasteiger partial charge in [0.1, 0.15) is 12.4 Å². The van der Waals surface area contributed by atoms with Gasteiger partial charge in [-0.05, 0) is 98.2 Å². The summed E-state index contributed by atoms with van der Waals surface area (Å²) in [4.78, 5) is 25.5. The van der Waals surface area contributed by atoms with Crippen molar-refractivity contribution >= 4 is 12.3 Å². The molecule has 4 fully saturated rings. The van der Waals surface area contributed by atoms with Gasteiger partial charge in [0.15, 0.2) is 0 Å². The summed E-state index contributed by atoms with van der Waals surface area (Å²) in [6, 6.07) is 0. The number of carbonyl (C=O) groups excluding carboxylic acids is 2. The lowest BCUT2D eigenvalue weighted by Gasteiger charge is -2.72. The minimum absolute atomic E-state index is 0.0790. The maximum absolute atomic E-state index is 13.1. The summed E-state index contributed by atoms with van der Waals surface area (Å²) in [5.74, 6) is -0.489. The fourth-order valence-electron chi connectivity index (χ4n) is 11.3. The van der Waals surface area contributed by atoms with Crippen LogP contribution in [0.15, 0.2) is 23.3 Å². The maximum Gasteiger partial charge on any atom is 0.333 e. The molecule has 42 heavy (non-hydrogen) atoms. The molecule has 12 atom stereocenters. The normalized spacial score (nSPS) is 51.7. The third-order valence-electron chi connectivity index (χ3n) is 14.3. The quantitative estimate of drug-likeness (QED) is 0.162. The Kier molecular flexibility index (Phi) is 7.58. The maximum atomic E-state index is 13.1. The molecule has 0 radical (unpaired) electrons. The van der Waals surface area contributed by atoms with Crippen LogP contribution in [-0.4, -0.2) is 63.7 Å². The van der Waals surface area contributed by atoms with E-state index in [4.69, 9.17) is 4.74 Å². The predicted molar refractivity (Wildman–Crippen MR) is 160 cm³/mol. The molecule has 0 spiro atoms. The second kappa shape index (κ2) is 9.98. The van der Waals surface area contributed by atoms with Gasteiger partial charge in [0.05, 0.1) is 35.7 Å². The van der Waals surface area contributed by atoms with Gasteiger partial charge in [-0.25, -0.2) is 4.79 Å². The Morgan fingerprint density at radius 3 is 2.26 bits per heavy atom. The van der Waals surface area contributed by atoms with Crippen molar-refractivity contribution in [2.45, 2.75) is 125 Å². The van der Waals surface area contributed by atoms with Crippen LogP contribution in [0.5, 0.6) is 0 Å². The van der Waals surface area contributed by atoms with Crippen LogP contribution in [0.25, 0.3) is 0 Å².